The molecule has 2 rings (SSSR count). The summed E-state index contributed by atoms with van der Waals surface area (Å²) in [5.41, 5.74) is 6.62. The maximum absolute atomic E-state index is 12.9. The van der Waals surface area contributed by atoms with Crippen molar-refractivity contribution < 1.29 is 13.9 Å². The van der Waals surface area contributed by atoms with Crippen molar-refractivity contribution in [2.45, 2.75) is 6.61 Å². The van der Waals surface area contributed by atoms with Crippen LogP contribution in [-0.4, -0.2) is 5.97 Å². The van der Waals surface area contributed by atoms with Gasteiger partial charge in [-0.05, 0) is 30.3 Å². The van der Waals surface area contributed by atoms with E-state index in [0.717, 1.165) is 6.07 Å². The summed E-state index contributed by atoms with van der Waals surface area (Å²) in [4.78, 5) is 11.9. The summed E-state index contributed by atoms with van der Waals surface area (Å²) in [6.45, 7) is -0.0795. The number of anilines is 1. The normalized spacial score (nSPS) is 10.3. The summed E-state index contributed by atoms with van der Waals surface area (Å²) in [5, 5.41) is 0.572. The molecule has 3 nitrogen and oxygen atoms in total. The Morgan fingerprint density at radius 2 is 1.95 bits per heavy atom. The number of rotatable bonds is 3. The fourth-order valence-electron chi connectivity index (χ4n) is 1.57. The van der Waals surface area contributed by atoms with Crippen molar-refractivity contribution in [3.05, 3.63) is 63.4 Å². The third-order valence-electron chi connectivity index (χ3n) is 2.61. The van der Waals surface area contributed by atoms with E-state index in [1.54, 1.807) is 6.07 Å². The van der Waals surface area contributed by atoms with Gasteiger partial charge >= 0.3 is 5.97 Å². The van der Waals surface area contributed by atoms with E-state index in [1.807, 2.05) is 0 Å². The minimum Gasteiger partial charge on any atom is -0.457 e. The van der Waals surface area contributed by atoms with Crippen LogP contribution in [0.3, 0.4) is 0 Å². The summed E-state index contributed by atoms with van der Waals surface area (Å²) >= 11 is 11.6. The van der Waals surface area contributed by atoms with Gasteiger partial charge in [0.25, 0.3) is 0 Å². The number of carbonyl (C=O) groups is 1. The number of esters is 1. The SMILES string of the molecule is Nc1ccc(Cl)cc1C(=O)OCc1ccc(F)cc1Cl. The zero-order valence-electron chi connectivity index (χ0n) is 10.2. The predicted molar refractivity (Wildman–Crippen MR) is 76.4 cm³/mol. The molecule has 0 saturated carbocycles. The topological polar surface area (TPSA) is 52.3 Å². The molecule has 20 heavy (non-hydrogen) atoms. The Kier molecular flexibility index (Phi) is 4.47. The van der Waals surface area contributed by atoms with Crippen LogP contribution in [0.15, 0.2) is 36.4 Å². The van der Waals surface area contributed by atoms with Crippen molar-refractivity contribution in [1.29, 1.82) is 0 Å². The monoisotopic (exact) mass is 313 g/mol. The molecule has 0 aliphatic carbocycles. The molecule has 0 atom stereocenters. The molecule has 104 valence electrons. The second kappa shape index (κ2) is 6.11. The number of benzene rings is 2. The number of hydrogen-bond acceptors (Lipinski definition) is 3. The van der Waals surface area contributed by atoms with Gasteiger partial charge in [0.1, 0.15) is 12.4 Å². The molecule has 0 saturated heterocycles. The molecular weight excluding hydrogens is 304 g/mol. The van der Waals surface area contributed by atoms with Gasteiger partial charge in [-0.1, -0.05) is 29.3 Å². The predicted octanol–water partition coefficient (Wildman–Crippen LogP) is 4.07. The quantitative estimate of drug-likeness (QED) is 0.686. The van der Waals surface area contributed by atoms with Crippen molar-refractivity contribution in [3.8, 4) is 0 Å². The first-order chi connectivity index (χ1) is 9.47. The Morgan fingerprint density at radius 1 is 1.20 bits per heavy atom. The Labute approximate surface area is 125 Å². The van der Waals surface area contributed by atoms with E-state index in [2.05, 4.69) is 0 Å². The Balaban J connectivity index is 2.10. The average Bonchev–Trinajstić information content (AvgIpc) is 2.40. The minimum atomic E-state index is -0.620. The fourth-order valence-corrected chi connectivity index (χ4v) is 1.96. The summed E-state index contributed by atoms with van der Waals surface area (Å²) in [7, 11) is 0. The molecule has 2 aromatic carbocycles. The van der Waals surface area contributed by atoms with Crippen LogP contribution in [0, 0.1) is 5.82 Å². The molecule has 0 aliphatic rings. The van der Waals surface area contributed by atoms with E-state index in [1.165, 1.54) is 24.3 Å². The van der Waals surface area contributed by atoms with Crippen molar-refractivity contribution in [2.75, 3.05) is 5.73 Å². The lowest BCUT2D eigenvalue weighted by atomic mass is 10.2. The molecule has 0 amide bonds. The summed E-state index contributed by atoms with van der Waals surface area (Å²) in [5.74, 6) is -1.07. The average molecular weight is 314 g/mol. The third kappa shape index (κ3) is 3.40. The van der Waals surface area contributed by atoms with Gasteiger partial charge < -0.3 is 10.5 Å². The standard InChI is InChI=1S/C14H10Cl2FNO2/c15-9-2-4-13(18)11(5-9)14(19)20-7-8-1-3-10(17)6-12(8)16/h1-6H,7,18H2. The molecule has 0 heterocycles. The van der Waals surface area contributed by atoms with E-state index in [9.17, 15) is 9.18 Å². The first-order valence-electron chi connectivity index (χ1n) is 5.63. The lowest BCUT2D eigenvalue weighted by Crippen LogP contribution is -2.08. The maximum Gasteiger partial charge on any atom is 0.340 e. The Hall–Kier alpha value is -1.78. The number of hydrogen-bond donors (Lipinski definition) is 1. The molecule has 0 bridgehead atoms. The highest BCUT2D eigenvalue weighted by atomic mass is 35.5. The third-order valence-corrected chi connectivity index (χ3v) is 3.20. The van der Waals surface area contributed by atoms with Gasteiger partial charge in [-0.2, -0.15) is 0 Å². The van der Waals surface area contributed by atoms with Crippen molar-refractivity contribution in [3.63, 3.8) is 0 Å². The van der Waals surface area contributed by atoms with Crippen LogP contribution in [0.2, 0.25) is 10.0 Å². The zero-order valence-corrected chi connectivity index (χ0v) is 11.7. The smallest absolute Gasteiger partial charge is 0.340 e. The van der Waals surface area contributed by atoms with Crippen molar-refractivity contribution in [1.82, 2.24) is 0 Å². The molecule has 0 aromatic heterocycles. The zero-order chi connectivity index (χ0) is 14.7. The van der Waals surface area contributed by atoms with Gasteiger partial charge in [0.2, 0.25) is 0 Å². The first-order valence-corrected chi connectivity index (χ1v) is 6.39. The molecule has 2 N–H and O–H groups in total. The number of halogens is 3. The first kappa shape index (κ1) is 14.6. The number of ether oxygens (including phenoxy) is 1. The van der Waals surface area contributed by atoms with Gasteiger partial charge in [-0.15, -0.1) is 0 Å². The lowest BCUT2D eigenvalue weighted by Gasteiger charge is -2.08. The molecule has 0 radical (unpaired) electrons. The number of carbonyl (C=O) groups excluding carboxylic acids is 1. The van der Waals surface area contributed by atoms with E-state index in [4.69, 9.17) is 33.7 Å². The number of nitrogens with two attached hydrogens (primary N) is 1. The second-order valence-corrected chi connectivity index (χ2v) is 4.89. The van der Waals surface area contributed by atoms with E-state index in [0.29, 0.717) is 10.6 Å². The van der Waals surface area contributed by atoms with Crippen LogP contribution in [0.4, 0.5) is 10.1 Å². The van der Waals surface area contributed by atoms with Crippen molar-refractivity contribution in [2.24, 2.45) is 0 Å². The van der Waals surface area contributed by atoms with Crippen LogP contribution in [0.5, 0.6) is 0 Å². The Morgan fingerprint density at radius 3 is 2.65 bits per heavy atom. The molecule has 0 aliphatic heterocycles. The van der Waals surface area contributed by atoms with E-state index >= 15 is 0 Å². The van der Waals surface area contributed by atoms with Crippen LogP contribution < -0.4 is 5.73 Å². The highest BCUT2D eigenvalue weighted by Crippen LogP contribution is 2.21. The van der Waals surface area contributed by atoms with Gasteiger partial charge in [0, 0.05) is 16.3 Å². The Bertz CT molecular complexity index is 662. The van der Waals surface area contributed by atoms with Crippen molar-refractivity contribution >= 4 is 34.9 Å². The van der Waals surface area contributed by atoms with E-state index < -0.39 is 11.8 Å². The maximum atomic E-state index is 12.9. The fraction of sp³-hybridized carbons (Fsp3) is 0.0714. The van der Waals surface area contributed by atoms with Gasteiger partial charge in [0.05, 0.1) is 10.6 Å². The molecule has 0 spiro atoms. The molecule has 2 aromatic rings. The van der Waals surface area contributed by atoms with Crippen LogP contribution >= 0.6 is 23.2 Å². The lowest BCUT2D eigenvalue weighted by molar-refractivity contribution is 0.0474. The second-order valence-electron chi connectivity index (χ2n) is 4.04. The molecule has 0 unspecified atom stereocenters. The summed E-state index contributed by atoms with van der Waals surface area (Å²) in [6, 6.07) is 8.35. The van der Waals surface area contributed by atoms with Gasteiger partial charge in [-0.25, -0.2) is 9.18 Å². The van der Waals surface area contributed by atoms with Crippen LogP contribution in [0.1, 0.15) is 15.9 Å². The van der Waals surface area contributed by atoms with Crippen LogP contribution in [-0.2, 0) is 11.3 Å². The highest BCUT2D eigenvalue weighted by Gasteiger charge is 2.13. The summed E-state index contributed by atoms with van der Waals surface area (Å²) < 4.78 is 18.0. The highest BCUT2D eigenvalue weighted by molar-refractivity contribution is 6.31. The molecule has 0 fully saturated rings. The number of nitrogen functional groups attached to an aromatic ring is 1. The minimum absolute atomic E-state index is 0.0795. The molecule has 6 heteroatoms. The van der Waals surface area contributed by atoms with E-state index in [-0.39, 0.29) is 22.9 Å². The summed E-state index contributed by atoms with van der Waals surface area (Å²) in [6.07, 6.45) is 0. The largest absolute Gasteiger partial charge is 0.457 e. The molecular formula is C14H10Cl2FNO2. The van der Waals surface area contributed by atoms with Gasteiger partial charge in [0.15, 0.2) is 0 Å². The van der Waals surface area contributed by atoms with Crippen LogP contribution in [0.25, 0.3) is 0 Å². The van der Waals surface area contributed by atoms with Gasteiger partial charge in [-0.3, -0.25) is 0 Å².